The average molecular weight is 423 g/mol. The van der Waals surface area contributed by atoms with Crippen LogP contribution in [0.25, 0.3) is 0 Å². The molecule has 0 heterocycles. The molecular weight excluding hydrogens is 391 g/mol. The summed E-state index contributed by atoms with van der Waals surface area (Å²) in [4.78, 5) is 11.6. The molecule has 2 nitrogen and oxygen atoms in total. The molecule has 0 saturated heterocycles. The minimum absolute atomic E-state index is 0.126. The Morgan fingerprint density at radius 1 is 0.852 bits per heavy atom. The maximum atomic E-state index is 10.6. The van der Waals surface area contributed by atoms with E-state index in [9.17, 15) is 4.89 Å². The fraction of sp³-hybridized carbons (Fsp3) is 0.455. The third kappa shape index (κ3) is 6.09. The van der Waals surface area contributed by atoms with Crippen LogP contribution in [0.1, 0.15) is 65.5 Å². The van der Waals surface area contributed by atoms with Crippen molar-refractivity contribution in [2.45, 2.75) is 70.1 Å². The first-order valence-corrected chi connectivity index (χ1v) is 13.5. The molecule has 0 saturated carbocycles. The van der Waals surface area contributed by atoms with E-state index in [1.54, 1.807) is 0 Å². The Kier molecular flexibility index (Phi) is 7.24. The van der Waals surface area contributed by atoms with Crippen molar-refractivity contribution in [2.24, 2.45) is 0 Å². The fourth-order valence-corrected chi connectivity index (χ4v) is 6.14. The first-order chi connectivity index (χ1) is 12.5. The molecule has 1 atom stereocenters. The highest BCUT2D eigenvalue weighted by Gasteiger charge is 2.22. The van der Waals surface area contributed by atoms with Gasteiger partial charge in [0.25, 0.3) is 5.69 Å². The van der Waals surface area contributed by atoms with Gasteiger partial charge in [-0.25, -0.2) is 0 Å². The number of hydrogen-bond acceptors (Lipinski definition) is 3. The Morgan fingerprint density at radius 2 is 1.26 bits per heavy atom. The SMILES string of the molecule is CCC(C)(C)c1ccc(OP(O)(=S)Sc2ccc(C(C)(C)CC)cc2)cc1. The van der Waals surface area contributed by atoms with Gasteiger partial charge in [0.1, 0.15) is 5.75 Å². The van der Waals surface area contributed by atoms with Crippen LogP contribution in [-0.4, -0.2) is 4.89 Å². The van der Waals surface area contributed by atoms with E-state index < -0.39 is 5.69 Å². The van der Waals surface area contributed by atoms with E-state index >= 15 is 0 Å². The molecule has 1 N–H and O–H groups in total. The second-order valence-electron chi connectivity index (χ2n) is 8.17. The van der Waals surface area contributed by atoms with Gasteiger partial charge in [-0.2, -0.15) is 0 Å². The molecule has 1 unspecified atom stereocenters. The summed E-state index contributed by atoms with van der Waals surface area (Å²) in [5, 5.41) is 0. The van der Waals surface area contributed by atoms with Gasteiger partial charge >= 0.3 is 0 Å². The van der Waals surface area contributed by atoms with E-state index in [4.69, 9.17) is 16.3 Å². The van der Waals surface area contributed by atoms with Crippen LogP contribution in [0, 0.1) is 0 Å². The Hall–Kier alpha value is -0.800. The monoisotopic (exact) mass is 422 g/mol. The molecule has 0 fully saturated rings. The van der Waals surface area contributed by atoms with Crippen molar-refractivity contribution >= 4 is 28.9 Å². The zero-order valence-electron chi connectivity index (χ0n) is 17.2. The van der Waals surface area contributed by atoms with Crippen LogP contribution in [-0.2, 0) is 22.6 Å². The van der Waals surface area contributed by atoms with Crippen molar-refractivity contribution in [3.05, 3.63) is 59.7 Å². The predicted octanol–water partition coefficient (Wildman–Crippen LogP) is 7.45. The van der Waals surface area contributed by atoms with Gasteiger partial charge in [-0.3, -0.25) is 0 Å². The van der Waals surface area contributed by atoms with Gasteiger partial charge in [0.2, 0.25) is 0 Å². The van der Waals surface area contributed by atoms with Crippen LogP contribution in [0.2, 0.25) is 0 Å². The van der Waals surface area contributed by atoms with Gasteiger partial charge < -0.3 is 9.42 Å². The first kappa shape index (κ1) is 22.5. The standard InChI is InChI=1S/C22H31O2PS2/c1-7-21(3,4)17-9-13-19(14-10-17)24-25(23,26)27-20-15-11-18(12-16-20)22(5,6)8-2/h9-16H,7-8H2,1-6H3,(H,23,26). The maximum Gasteiger partial charge on any atom is 0.299 e. The van der Waals surface area contributed by atoms with Crippen molar-refractivity contribution < 1.29 is 9.42 Å². The van der Waals surface area contributed by atoms with Gasteiger partial charge in [-0.1, -0.05) is 65.8 Å². The molecular formula is C22H31O2PS2. The summed E-state index contributed by atoms with van der Waals surface area (Å²) in [6.07, 6.45) is 2.14. The minimum Gasteiger partial charge on any atom is -0.436 e. The molecule has 5 heteroatoms. The number of rotatable bonds is 8. The van der Waals surface area contributed by atoms with Crippen molar-refractivity contribution in [1.29, 1.82) is 0 Å². The molecule has 27 heavy (non-hydrogen) atoms. The summed E-state index contributed by atoms with van der Waals surface area (Å²) in [6, 6.07) is 16.2. The molecule has 0 radical (unpaired) electrons. The molecule has 2 aromatic rings. The van der Waals surface area contributed by atoms with E-state index in [0.29, 0.717) is 5.75 Å². The zero-order chi connectivity index (χ0) is 20.3. The summed E-state index contributed by atoms with van der Waals surface area (Å²) in [5.74, 6) is 0.618. The highest BCUT2D eigenvalue weighted by molar-refractivity contribution is 8.67. The van der Waals surface area contributed by atoms with E-state index in [2.05, 4.69) is 65.8 Å². The predicted molar refractivity (Wildman–Crippen MR) is 123 cm³/mol. The van der Waals surface area contributed by atoms with Crippen LogP contribution >= 0.6 is 17.1 Å². The molecule has 0 spiro atoms. The van der Waals surface area contributed by atoms with Crippen LogP contribution in [0.3, 0.4) is 0 Å². The molecule has 0 aliphatic heterocycles. The second kappa shape index (κ2) is 8.69. The van der Waals surface area contributed by atoms with Crippen molar-refractivity contribution in [1.82, 2.24) is 0 Å². The van der Waals surface area contributed by atoms with Gasteiger partial charge in [-0.05, 0) is 82.3 Å². The zero-order valence-corrected chi connectivity index (χ0v) is 19.7. The lowest BCUT2D eigenvalue weighted by Gasteiger charge is -2.24. The molecule has 148 valence electrons. The Balaban J connectivity index is 2.08. The summed E-state index contributed by atoms with van der Waals surface area (Å²) in [5.41, 5.74) is -0.198. The molecule has 0 aliphatic carbocycles. The van der Waals surface area contributed by atoms with E-state index in [-0.39, 0.29) is 10.8 Å². The van der Waals surface area contributed by atoms with E-state index in [0.717, 1.165) is 17.7 Å². The van der Waals surface area contributed by atoms with Gasteiger partial charge in [0.15, 0.2) is 0 Å². The smallest absolute Gasteiger partial charge is 0.299 e. The third-order valence-corrected chi connectivity index (χ3v) is 9.08. The number of hydrogen-bond donors (Lipinski definition) is 1. The summed E-state index contributed by atoms with van der Waals surface area (Å²) in [6.45, 7) is 13.3. The molecule has 0 aromatic heterocycles. The lowest BCUT2D eigenvalue weighted by atomic mass is 9.82. The van der Waals surface area contributed by atoms with Crippen LogP contribution in [0.4, 0.5) is 0 Å². The van der Waals surface area contributed by atoms with Crippen molar-refractivity contribution in [3.63, 3.8) is 0 Å². The van der Waals surface area contributed by atoms with Crippen LogP contribution in [0.15, 0.2) is 53.4 Å². The van der Waals surface area contributed by atoms with E-state index in [1.807, 2.05) is 24.3 Å². The highest BCUT2D eigenvalue weighted by Crippen LogP contribution is 2.59. The van der Waals surface area contributed by atoms with Gasteiger partial charge in [0, 0.05) is 4.90 Å². The molecule has 2 aromatic carbocycles. The third-order valence-electron chi connectivity index (χ3n) is 5.48. The van der Waals surface area contributed by atoms with Crippen molar-refractivity contribution in [2.75, 3.05) is 0 Å². The van der Waals surface area contributed by atoms with Gasteiger partial charge in [0.05, 0.1) is 0 Å². The highest BCUT2D eigenvalue weighted by atomic mass is 32.9. The molecule has 0 bridgehead atoms. The largest absolute Gasteiger partial charge is 0.436 e. The normalized spacial score (nSPS) is 14.6. The maximum absolute atomic E-state index is 10.6. The van der Waals surface area contributed by atoms with Crippen molar-refractivity contribution in [3.8, 4) is 5.75 Å². The summed E-state index contributed by atoms with van der Waals surface area (Å²) >= 11 is 6.61. The Labute approximate surface area is 173 Å². The van der Waals surface area contributed by atoms with Crippen LogP contribution < -0.4 is 4.52 Å². The Bertz CT molecular complexity index is 731. The second-order valence-corrected chi connectivity index (χ2v) is 14.2. The number of benzene rings is 2. The van der Waals surface area contributed by atoms with Gasteiger partial charge in [-0.15, -0.1) is 0 Å². The van der Waals surface area contributed by atoms with E-state index in [1.165, 1.54) is 22.5 Å². The summed E-state index contributed by atoms with van der Waals surface area (Å²) in [7, 11) is 0. The lowest BCUT2D eigenvalue weighted by molar-refractivity contribution is 0.496. The molecule has 0 aliphatic rings. The lowest BCUT2D eigenvalue weighted by Crippen LogP contribution is -2.15. The average Bonchev–Trinajstić information content (AvgIpc) is 2.62. The molecule has 2 rings (SSSR count). The summed E-state index contributed by atoms with van der Waals surface area (Å²) < 4.78 is 5.77. The molecule has 0 amide bonds. The fourth-order valence-electron chi connectivity index (χ4n) is 2.63. The van der Waals surface area contributed by atoms with Crippen LogP contribution in [0.5, 0.6) is 5.75 Å². The minimum atomic E-state index is -3.01. The first-order valence-electron chi connectivity index (χ1n) is 9.42. The quantitative estimate of drug-likeness (QED) is 0.447. The Morgan fingerprint density at radius 3 is 1.67 bits per heavy atom. The topological polar surface area (TPSA) is 29.5 Å².